The largest absolute Gasteiger partial charge is 0.494 e. The Labute approximate surface area is 111 Å². The fraction of sp³-hybridized carbons (Fsp3) is 0.625. The van der Waals surface area contributed by atoms with Crippen LogP contribution < -0.4 is 4.74 Å². The van der Waals surface area contributed by atoms with Gasteiger partial charge in [-0.05, 0) is 24.1 Å². The first-order chi connectivity index (χ1) is 8.86. The molecule has 0 aromatic heterocycles. The van der Waals surface area contributed by atoms with Crippen molar-refractivity contribution < 1.29 is 9.47 Å². The van der Waals surface area contributed by atoms with Crippen molar-refractivity contribution in [1.29, 1.82) is 0 Å². The molecule has 0 fully saturated rings. The molecule has 1 rings (SSSR count). The van der Waals surface area contributed by atoms with E-state index in [-0.39, 0.29) is 0 Å². The summed E-state index contributed by atoms with van der Waals surface area (Å²) in [6.45, 7) is 3.74. The number of methoxy groups -OCH3 is 1. The average molecular weight is 250 g/mol. The van der Waals surface area contributed by atoms with Gasteiger partial charge in [0, 0.05) is 7.11 Å². The molecule has 1 aromatic rings. The van der Waals surface area contributed by atoms with Gasteiger partial charge >= 0.3 is 0 Å². The van der Waals surface area contributed by atoms with Crippen LogP contribution in [0.5, 0.6) is 5.75 Å². The normalized spacial score (nSPS) is 10.6. The predicted molar refractivity (Wildman–Crippen MR) is 76.0 cm³/mol. The SMILES string of the molecule is CCCCCCCCOc1ccc(COC)cc1. The molecule has 0 saturated carbocycles. The van der Waals surface area contributed by atoms with E-state index in [0.717, 1.165) is 18.8 Å². The standard InChI is InChI=1S/C16H26O2/c1-3-4-5-6-7-8-13-18-16-11-9-15(10-12-16)14-17-2/h9-12H,3-8,13-14H2,1-2H3. The van der Waals surface area contributed by atoms with Crippen molar-refractivity contribution in [2.45, 2.75) is 52.1 Å². The summed E-state index contributed by atoms with van der Waals surface area (Å²) in [5.74, 6) is 0.961. The summed E-state index contributed by atoms with van der Waals surface area (Å²) in [6, 6.07) is 8.15. The number of ether oxygens (including phenoxy) is 2. The maximum absolute atomic E-state index is 5.70. The molecular formula is C16H26O2. The first-order valence-corrected chi connectivity index (χ1v) is 7.07. The second-order valence-corrected chi connectivity index (χ2v) is 4.69. The number of hydrogen-bond acceptors (Lipinski definition) is 2. The molecule has 102 valence electrons. The summed E-state index contributed by atoms with van der Waals surface area (Å²) in [4.78, 5) is 0. The lowest BCUT2D eigenvalue weighted by atomic mass is 10.1. The van der Waals surface area contributed by atoms with Gasteiger partial charge in [0.15, 0.2) is 0 Å². The Balaban J connectivity index is 2.08. The average Bonchev–Trinajstić information content (AvgIpc) is 2.40. The third-order valence-corrected chi connectivity index (χ3v) is 3.00. The molecule has 0 aliphatic rings. The Morgan fingerprint density at radius 1 is 0.889 bits per heavy atom. The van der Waals surface area contributed by atoms with Crippen LogP contribution in [-0.2, 0) is 11.3 Å². The van der Waals surface area contributed by atoms with E-state index < -0.39 is 0 Å². The quantitative estimate of drug-likeness (QED) is 0.566. The fourth-order valence-electron chi connectivity index (χ4n) is 1.92. The Kier molecular flexibility index (Phi) is 8.32. The zero-order valence-corrected chi connectivity index (χ0v) is 11.8. The van der Waals surface area contributed by atoms with Crippen LogP contribution in [0.4, 0.5) is 0 Å². The minimum absolute atomic E-state index is 0.664. The molecule has 0 aliphatic heterocycles. The molecule has 0 unspecified atom stereocenters. The van der Waals surface area contributed by atoms with Crippen molar-refractivity contribution >= 4 is 0 Å². The summed E-state index contributed by atoms with van der Waals surface area (Å²) >= 11 is 0. The van der Waals surface area contributed by atoms with Crippen LogP contribution >= 0.6 is 0 Å². The Hall–Kier alpha value is -1.02. The molecule has 0 bridgehead atoms. The van der Waals surface area contributed by atoms with Crippen molar-refractivity contribution in [1.82, 2.24) is 0 Å². The maximum atomic E-state index is 5.70. The van der Waals surface area contributed by atoms with Crippen molar-refractivity contribution in [2.24, 2.45) is 0 Å². The molecular weight excluding hydrogens is 224 g/mol. The first kappa shape index (κ1) is 15.0. The van der Waals surface area contributed by atoms with Gasteiger partial charge in [-0.15, -0.1) is 0 Å². The van der Waals surface area contributed by atoms with Crippen molar-refractivity contribution in [3.05, 3.63) is 29.8 Å². The van der Waals surface area contributed by atoms with Crippen LogP contribution in [0.1, 0.15) is 51.0 Å². The van der Waals surface area contributed by atoms with E-state index in [1.165, 1.54) is 37.7 Å². The van der Waals surface area contributed by atoms with Crippen LogP contribution in [-0.4, -0.2) is 13.7 Å². The van der Waals surface area contributed by atoms with Gasteiger partial charge in [0.25, 0.3) is 0 Å². The highest BCUT2D eigenvalue weighted by atomic mass is 16.5. The van der Waals surface area contributed by atoms with E-state index >= 15 is 0 Å². The summed E-state index contributed by atoms with van der Waals surface area (Å²) in [6.07, 6.45) is 7.81. The van der Waals surface area contributed by atoms with Gasteiger partial charge in [0.05, 0.1) is 13.2 Å². The van der Waals surface area contributed by atoms with Crippen molar-refractivity contribution in [2.75, 3.05) is 13.7 Å². The van der Waals surface area contributed by atoms with Crippen molar-refractivity contribution in [3.8, 4) is 5.75 Å². The minimum Gasteiger partial charge on any atom is -0.494 e. The molecule has 2 heteroatoms. The Morgan fingerprint density at radius 3 is 2.22 bits per heavy atom. The van der Waals surface area contributed by atoms with Crippen LogP contribution in [0, 0.1) is 0 Å². The lowest BCUT2D eigenvalue weighted by Gasteiger charge is -2.07. The Morgan fingerprint density at radius 2 is 1.56 bits per heavy atom. The van der Waals surface area contributed by atoms with Gasteiger partial charge in [0.2, 0.25) is 0 Å². The summed E-state index contributed by atoms with van der Waals surface area (Å²) in [7, 11) is 1.71. The molecule has 0 saturated heterocycles. The highest BCUT2D eigenvalue weighted by molar-refractivity contribution is 5.26. The second kappa shape index (κ2) is 9.95. The molecule has 18 heavy (non-hydrogen) atoms. The molecule has 0 N–H and O–H groups in total. The maximum Gasteiger partial charge on any atom is 0.119 e. The molecule has 0 atom stereocenters. The second-order valence-electron chi connectivity index (χ2n) is 4.69. The number of rotatable bonds is 10. The zero-order chi connectivity index (χ0) is 13.1. The number of hydrogen-bond donors (Lipinski definition) is 0. The third-order valence-electron chi connectivity index (χ3n) is 3.00. The summed E-state index contributed by atoms with van der Waals surface area (Å²) < 4.78 is 10.8. The van der Waals surface area contributed by atoms with E-state index in [4.69, 9.17) is 9.47 Å². The molecule has 2 nitrogen and oxygen atoms in total. The number of unbranched alkanes of at least 4 members (excludes halogenated alkanes) is 5. The van der Waals surface area contributed by atoms with Crippen LogP contribution in [0.25, 0.3) is 0 Å². The van der Waals surface area contributed by atoms with E-state index in [0.29, 0.717) is 6.61 Å². The Bertz CT molecular complexity index is 292. The lowest BCUT2D eigenvalue weighted by Crippen LogP contribution is -1.97. The van der Waals surface area contributed by atoms with Gasteiger partial charge in [-0.25, -0.2) is 0 Å². The molecule has 0 heterocycles. The molecule has 0 spiro atoms. The topological polar surface area (TPSA) is 18.5 Å². The van der Waals surface area contributed by atoms with Crippen molar-refractivity contribution in [3.63, 3.8) is 0 Å². The van der Waals surface area contributed by atoms with E-state index in [1.54, 1.807) is 7.11 Å². The monoisotopic (exact) mass is 250 g/mol. The molecule has 0 aliphatic carbocycles. The van der Waals surface area contributed by atoms with E-state index in [1.807, 2.05) is 12.1 Å². The van der Waals surface area contributed by atoms with Gasteiger partial charge < -0.3 is 9.47 Å². The van der Waals surface area contributed by atoms with Gasteiger partial charge in [-0.3, -0.25) is 0 Å². The van der Waals surface area contributed by atoms with E-state index in [9.17, 15) is 0 Å². The highest BCUT2D eigenvalue weighted by Gasteiger charge is 1.96. The molecule has 0 amide bonds. The highest BCUT2D eigenvalue weighted by Crippen LogP contribution is 2.13. The lowest BCUT2D eigenvalue weighted by molar-refractivity contribution is 0.185. The molecule has 0 radical (unpaired) electrons. The number of benzene rings is 1. The van der Waals surface area contributed by atoms with E-state index in [2.05, 4.69) is 19.1 Å². The smallest absolute Gasteiger partial charge is 0.119 e. The predicted octanol–water partition coefficient (Wildman–Crippen LogP) is 4.57. The van der Waals surface area contributed by atoms with Gasteiger partial charge in [-0.1, -0.05) is 51.2 Å². The van der Waals surface area contributed by atoms with Crippen LogP contribution in [0.15, 0.2) is 24.3 Å². The minimum atomic E-state index is 0.664. The van der Waals surface area contributed by atoms with Gasteiger partial charge in [0.1, 0.15) is 5.75 Å². The molecule has 1 aromatic carbocycles. The summed E-state index contributed by atoms with van der Waals surface area (Å²) in [5, 5.41) is 0. The van der Waals surface area contributed by atoms with Crippen LogP contribution in [0.2, 0.25) is 0 Å². The third kappa shape index (κ3) is 6.65. The fourth-order valence-corrected chi connectivity index (χ4v) is 1.92. The first-order valence-electron chi connectivity index (χ1n) is 7.07. The zero-order valence-electron chi connectivity index (χ0n) is 11.8. The van der Waals surface area contributed by atoms with Gasteiger partial charge in [-0.2, -0.15) is 0 Å². The summed E-state index contributed by atoms with van der Waals surface area (Å²) in [5.41, 5.74) is 1.18. The van der Waals surface area contributed by atoms with Crippen LogP contribution in [0.3, 0.4) is 0 Å².